The number of benzene rings is 1. The first kappa shape index (κ1) is 23.2. The lowest BCUT2D eigenvalue weighted by molar-refractivity contribution is 0.0951. The summed E-state index contributed by atoms with van der Waals surface area (Å²) in [5, 5.41) is 9.91. The van der Waals surface area contributed by atoms with Crippen molar-refractivity contribution in [3.63, 3.8) is 0 Å². The van der Waals surface area contributed by atoms with Crippen molar-refractivity contribution in [1.82, 2.24) is 16.0 Å². The number of carbonyl (C=O) groups excluding carboxylic acids is 1. The second-order valence-electron chi connectivity index (χ2n) is 7.24. The molecule has 0 bridgehead atoms. The number of hydrogen-bond donors (Lipinski definition) is 3. The van der Waals surface area contributed by atoms with Gasteiger partial charge in [-0.2, -0.15) is 0 Å². The summed E-state index contributed by atoms with van der Waals surface area (Å²) in [7, 11) is 0. The smallest absolute Gasteiger partial charge is 0.251 e. The minimum absolute atomic E-state index is 0. The zero-order valence-corrected chi connectivity index (χ0v) is 16.7. The molecule has 0 aromatic heterocycles. The standard InChI is InChI=1S/C19H28FN3O.2ClH/c20-16-3-1-15(2-4-16)18(24)23-14-13-22-17-5-7-19(8-6-17)9-11-21-12-10-19;;/h1-4,17,21-22H,5-14H2,(H,23,24);2*1H. The molecule has 4 nitrogen and oxygen atoms in total. The molecule has 3 rings (SSSR count). The fourth-order valence-electron chi connectivity index (χ4n) is 4.05. The fraction of sp³-hybridized carbons (Fsp3) is 0.632. The number of hydrogen-bond acceptors (Lipinski definition) is 3. The molecule has 1 amide bonds. The van der Waals surface area contributed by atoms with Crippen LogP contribution in [0.4, 0.5) is 4.39 Å². The van der Waals surface area contributed by atoms with Crippen LogP contribution in [-0.2, 0) is 0 Å². The Morgan fingerprint density at radius 3 is 2.27 bits per heavy atom. The van der Waals surface area contributed by atoms with Crippen molar-refractivity contribution in [1.29, 1.82) is 0 Å². The van der Waals surface area contributed by atoms with Gasteiger partial charge >= 0.3 is 0 Å². The van der Waals surface area contributed by atoms with E-state index < -0.39 is 0 Å². The Labute approximate surface area is 167 Å². The van der Waals surface area contributed by atoms with Gasteiger partial charge in [0.05, 0.1) is 0 Å². The van der Waals surface area contributed by atoms with Gasteiger partial charge in [0.2, 0.25) is 0 Å². The quantitative estimate of drug-likeness (QED) is 0.658. The van der Waals surface area contributed by atoms with Crippen molar-refractivity contribution in [2.24, 2.45) is 5.41 Å². The van der Waals surface area contributed by atoms with E-state index in [9.17, 15) is 9.18 Å². The van der Waals surface area contributed by atoms with Crippen molar-refractivity contribution < 1.29 is 9.18 Å². The highest BCUT2D eigenvalue weighted by molar-refractivity contribution is 5.94. The van der Waals surface area contributed by atoms with Crippen LogP contribution in [0.2, 0.25) is 0 Å². The predicted octanol–water partition coefficient (Wildman–Crippen LogP) is 3.30. The molecule has 3 N–H and O–H groups in total. The molecular formula is C19H30Cl2FN3O. The number of carbonyl (C=O) groups is 1. The van der Waals surface area contributed by atoms with Crippen LogP contribution in [0.15, 0.2) is 24.3 Å². The predicted molar refractivity (Wildman–Crippen MR) is 108 cm³/mol. The van der Waals surface area contributed by atoms with Crippen molar-refractivity contribution in [3.8, 4) is 0 Å². The van der Waals surface area contributed by atoms with E-state index in [4.69, 9.17) is 0 Å². The van der Waals surface area contributed by atoms with Gasteiger partial charge in [-0.3, -0.25) is 4.79 Å². The molecule has 1 aliphatic heterocycles. The molecule has 1 saturated carbocycles. The Kier molecular flexibility index (Phi) is 9.86. The van der Waals surface area contributed by atoms with E-state index >= 15 is 0 Å². The van der Waals surface area contributed by atoms with Crippen LogP contribution < -0.4 is 16.0 Å². The Hall–Kier alpha value is -0.880. The zero-order chi connectivity index (χ0) is 16.8. The van der Waals surface area contributed by atoms with Gasteiger partial charge in [-0.05, 0) is 81.3 Å². The fourth-order valence-corrected chi connectivity index (χ4v) is 4.05. The number of amides is 1. The molecule has 1 heterocycles. The van der Waals surface area contributed by atoms with Crippen LogP contribution in [0.3, 0.4) is 0 Å². The van der Waals surface area contributed by atoms with E-state index in [2.05, 4.69) is 16.0 Å². The van der Waals surface area contributed by atoms with E-state index in [0.29, 0.717) is 23.6 Å². The number of halogens is 3. The third kappa shape index (κ3) is 6.38. The van der Waals surface area contributed by atoms with Gasteiger partial charge in [0.25, 0.3) is 5.91 Å². The molecule has 1 spiro atoms. The molecule has 1 aromatic carbocycles. The van der Waals surface area contributed by atoms with Gasteiger partial charge in [0, 0.05) is 24.7 Å². The first-order valence-corrected chi connectivity index (χ1v) is 9.15. The molecular weight excluding hydrogens is 376 g/mol. The third-order valence-electron chi connectivity index (χ3n) is 5.66. The van der Waals surface area contributed by atoms with Gasteiger partial charge in [-0.15, -0.1) is 24.8 Å². The molecule has 26 heavy (non-hydrogen) atoms. The molecule has 7 heteroatoms. The Bertz CT molecular complexity index is 540. The second kappa shape index (κ2) is 11.1. The second-order valence-corrected chi connectivity index (χ2v) is 7.24. The van der Waals surface area contributed by atoms with Crippen LogP contribution in [0.25, 0.3) is 0 Å². The molecule has 0 atom stereocenters. The van der Waals surface area contributed by atoms with Gasteiger partial charge < -0.3 is 16.0 Å². The monoisotopic (exact) mass is 405 g/mol. The highest BCUT2D eigenvalue weighted by atomic mass is 35.5. The normalized spacial score (nSPS) is 19.3. The van der Waals surface area contributed by atoms with Gasteiger partial charge in [-0.25, -0.2) is 4.39 Å². The minimum atomic E-state index is -0.322. The summed E-state index contributed by atoms with van der Waals surface area (Å²) < 4.78 is 12.8. The van der Waals surface area contributed by atoms with Crippen LogP contribution in [0.5, 0.6) is 0 Å². The molecule has 2 fully saturated rings. The lowest BCUT2D eigenvalue weighted by Gasteiger charge is -2.43. The molecule has 148 valence electrons. The average Bonchev–Trinajstić information content (AvgIpc) is 2.61. The van der Waals surface area contributed by atoms with Crippen molar-refractivity contribution in [2.45, 2.75) is 44.6 Å². The van der Waals surface area contributed by atoms with E-state index in [1.54, 1.807) is 0 Å². The van der Waals surface area contributed by atoms with Crippen molar-refractivity contribution >= 4 is 30.7 Å². The maximum absolute atomic E-state index is 12.8. The Balaban J connectivity index is 0.00000169. The summed E-state index contributed by atoms with van der Waals surface area (Å²) in [4.78, 5) is 11.9. The summed E-state index contributed by atoms with van der Waals surface area (Å²) in [6.07, 6.45) is 7.79. The molecule has 1 saturated heterocycles. The van der Waals surface area contributed by atoms with Crippen LogP contribution >= 0.6 is 24.8 Å². The number of piperidine rings is 1. The van der Waals surface area contributed by atoms with E-state index in [1.165, 1.54) is 75.9 Å². The maximum Gasteiger partial charge on any atom is 0.251 e. The van der Waals surface area contributed by atoms with Gasteiger partial charge in [0.15, 0.2) is 0 Å². The average molecular weight is 406 g/mol. The molecule has 1 aliphatic carbocycles. The molecule has 0 unspecified atom stereocenters. The highest BCUT2D eigenvalue weighted by Gasteiger charge is 2.35. The van der Waals surface area contributed by atoms with Crippen LogP contribution in [0.1, 0.15) is 48.9 Å². The summed E-state index contributed by atoms with van der Waals surface area (Å²) in [5.74, 6) is -0.467. The number of rotatable bonds is 5. The lowest BCUT2D eigenvalue weighted by Crippen LogP contribution is -2.44. The summed E-state index contributed by atoms with van der Waals surface area (Å²) in [6, 6.07) is 6.22. The summed E-state index contributed by atoms with van der Waals surface area (Å²) in [5.41, 5.74) is 1.10. The molecule has 2 aliphatic rings. The largest absolute Gasteiger partial charge is 0.351 e. The first-order chi connectivity index (χ1) is 11.7. The van der Waals surface area contributed by atoms with Gasteiger partial charge in [-0.1, -0.05) is 0 Å². The van der Waals surface area contributed by atoms with E-state index in [0.717, 1.165) is 6.54 Å². The minimum Gasteiger partial charge on any atom is -0.351 e. The van der Waals surface area contributed by atoms with Crippen LogP contribution in [-0.4, -0.2) is 38.1 Å². The van der Waals surface area contributed by atoms with Gasteiger partial charge in [0.1, 0.15) is 5.82 Å². The summed E-state index contributed by atoms with van der Waals surface area (Å²) in [6.45, 7) is 3.73. The first-order valence-electron chi connectivity index (χ1n) is 9.15. The van der Waals surface area contributed by atoms with E-state index in [-0.39, 0.29) is 36.5 Å². The molecule has 0 radical (unpaired) electrons. The topological polar surface area (TPSA) is 53.2 Å². The third-order valence-corrected chi connectivity index (χ3v) is 5.66. The summed E-state index contributed by atoms with van der Waals surface area (Å²) >= 11 is 0. The van der Waals surface area contributed by atoms with E-state index in [1.807, 2.05) is 0 Å². The Morgan fingerprint density at radius 2 is 1.65 bits per heavy atom. The maximum atomic E-state index is 12.8. The number of nitrogens with one attached hydrogen (secondary N) is 3. The zero-order valence-electron chi connectivity index (χ0n) is 15.1. The molecule has 1 aromatic rings. The lowest BCUT2D eigenvalue weighted by atomic mass is 9.67. The van der Waals surface area contributed by atoms with Crippen molar-refractivity contribution in [2.75, 3.05) is 26.2 Å². The SMILES string of the molecule is Cl.Cl.O=C(NCCNC1CCC2(CCNCC2)CC1)c1ccc(F)cc1. The Morgan fingerprint density at radius 1 is 1.04 bits per heavy atom. The van der Waals surface area contributed by atoms with Crippen LogP contribution in [0, 0.1) is 11.2 Å². The highest BCUT2D eigenvalue weighted by Crippen LogP contribution is 2.43. The van der Waals surface area contributed by atoms with Crippen molar-refractivity contribution in [3.05, 3.63) is 35.6 Å².